The van der Waals surface area contributed by atoms with Gasteiger partial charge in [0.15, 0.2) is 11.5 Å². The van der Waals surface area contributed by atoms with Gasteiger partial charge in [-0.2, -0.15) is 0 Å². The highest BCUT2D eigenvalue weighted by atomic mass is 16.5. The van der Waals surface area contributed by atoms with Crippen LogP contribution in [0.15, 0.2) is 36.4 Å². The summed E-state index contributed by atoms with van der Waals surface area (Å²) in [7, 11) is 5.05. The smallest absolute Gasteiger partial charge is 0.160 e. The molecule has 2 aromatic carbocycles. The maximum atomic E-state index is 5.57. The van der Waals surface area contributed by atoms with Gasteiger partial charge in [0.25, 0.3) is 0 Å². The van der Waals surface area contributed by atoms with Gasteiger partial charge in [0.2, 0.25) is 0 Å². The van der Waals surface area contributed by atoms with Crippen LogP contribution < -0.4 is 19.5 Å². The Kier molecular flexibility index (Phi) is 8.16. The first-order valence-corrected chi connectivity index (χ1v) is 10.1. The molecule has 1 aliphatic heterocycles. The maximum absolute atomic E-state index is 5.57. The highest BCUT2D eigenvalue weighted by molar-refractivity contribution is 5.43. The SMILES string of the molecule is COc1ccc(CNCCc2ccc(OC)c(OC)c2)cc1CN1CCOCC1. The highest BCUT2D eigenvalue weighted by Crippen LogP contribution is 2.27. The molecule has 0 bridgehead atoms. The van der Waals surface area contributed by atoms with Crippen LogP contribution in [0.5, 0.6) is 17.2 Å². The van der Waals surface area contributed by atoms with Crippen molar-refractivity contribution in [2.45, 2.75) is 19.5 Å². The molecular weight excluding hydrogens is 368 g/mol. The molecule has 1 aliphatic rings. The van der Waals surface area contributed by atoms with Crippen molar-refractivity contribution in [3.63, 3.8) is 0 Å². The Morgan fingerprint density at radius 3 is 2.28 bits per heavy atom. The Labute approximate surface area is 173 Å². The predicted octanol–water partition coefficient (Wildman–Crippen LogP) is 2.88. The summed E-state index contributed by atoms with van der Waals surface area (Å²) in [6, 6.07) is 12.5. The summed E-state index contributed by atoms with van der Waals surface area (Å²) in [4.78, 5) is 2.41. The van der Waals surface area contributed by atoms with E-state index in [1.807, 2.05) is 12.1 Å². The lowest BCUT2D eigenvalue weighted by Crippen LogP contribution is -2.35. The second-order valence-electron chi connectivity index (χ2n) is 7.15. The van der Waals surface area contributed by atoms with Gasteiger partial charge in [-0.1, -0.05) is 12.1 Å². The molecule has 29 heavy (non-hydrogen) atoms. The van der Waals surface area contributed by atoms with E-state index in [1.54, 1.807) is 21.3 Å². The Balaban J connectivity index is 1.53. The number of methoxy groups -OCH3 is 3. The van der Waals surface area contributed by atoms with Crippen LogP contribution in [0.25, 0.3) is 0 Å². The van der Waals surface area contributed by atoms with Gasteiger partial charge in [-0.25, -0.2) is 0 Å². The molecule has 1 fully saturated rings. The Morgan fingerprint density at radius 2 is 1.55 bits per heavy atom. The maximum Gasteiger partial charge on any atom is 0.160 e. The molecule has 0 amide bonds. The average molecular weight is 401 g/mol. The fraction of sp³-hybridized carbons (Fsp3) is 0.478. The molecule has 0 aliphatic carbocycles. The van der Waals surface area contributed by atoms with Crippen LogP contribution >= 0.6 is 0 Å². The number of benzene rings is 2. The Morgan fingerprint density at radius 1 is 0.862 bits per heavy atom. The molecular formula is C23H32N2O4. The largest absolute Gasteiger partial charge is 0.496 e. The summed E-state index contributed by atoms with van der Waals surface area (Å²) < 4.78 is 21.7. The molecule has 2 aromatic rings. The van der Waals surface area contributed by atoms with E-state index in [2.05, 4.69) is 34.5 Å². The third kappa shape index (κ3) is 6.10. The average Bonchev–Trinajstić information content (AvgIpc) is 2.77. The minimum Gasteiger partial charge on any atom is -0.496 e. The molecule has 0 radical (unpaired) electrons. The minimum absolute atomic E-state index is 0.759. The minimum atomic E-state index is 0.759. The first-order valence-electron chi connectivity index (χ1n) is 10.1. The second-order valence-corrected chi connectivity index (χ2v) is 7.15. The van der Waals surface area contributed by atoms with Gasteiger partial charge in [-0.15, -0.1) is 0 Å². The van der Waals surface area contributed by atoms with Crippen molar-refractivity contribution < 1.29 is 18.9 Å². The van der Waals surface area contributed by atoms with Crippen molar-refractivity contribution in [2.24, 2.45) is 0 Å². The zero-order valence-electron chi connectivity index (χ0n) is 17.7. The Hall–Kier alpha value is -2.28. The second kappa shape index (κ2) is 11.0. The molecule has 1 heterocycles. The number of morpholine rings is 1. The number of nitrogens with one attached hydrogen (secondary N) is 1. The van der Waals surface area contributed by atoms with Crippen molar-refractivity contribution in [3.05, 3.63) is 53.1 Å². The number of nitrogens with zero attached hydrogens (tertiary/aromatic N) is 1. The van der Waals surface area contributed by atoms with Crippen molar-refractivity contribution in [1.82, 2.24) is 10.2 Å². The number of hydrogen-bond acceptors (Lipinski definition) is 6. The van der Waals surface area contributed by atoms with Crippen molar-refractivity contribution in [2.75, 3.05) is 54.2 Å². The van der Waals surface area contributed by atoms with Gasteiger partial charge >= 0.3 is 0 Å². The molecule has 0 atom stereocenters. The zero-order chi connectivity index (χ0) is 20.5. The summed E-state index contributed by atoms with van der Waals surface area (Å²) in [5, 5.41) is 3.54. The third-order valence-corrected chi connectivity index (χ3v) is 5.21. The van der Waals surface area contributed by atoms with Crippen LogP contribution in [0.4, 0.5) is 0 Å². The van der Waals surface area contributed by atoms with Crippen LogP contribution in [0.3, 0.4) is 0 Å². The molecule has 6 heteroatoms. The lowest BCUT2D eigenvalue weighted by molar-refractivity contribution is 0.0339. The van der Waals surface area contributed by atoms with Crippen LogP contribution in [-0.2, 0) is 24.2 Å². The quantitative estimate of drug-likeness (QED) is 0.619. The molecule has 1 N–H and O–H groups in total. The molecule has 0 unspecified atom stereocenters. The van der Waals surface area contributed by atoms with Crippen LogP contribution in [0.2, 0.25) is 0 Å². The predicted molar refractivity (Wildman–Crippen MR) is 114 cm³/mol. The zero-order valence-corrected chi connectivity index (χ0v) is 17.7. The van der Waals surface area contributed by atoms with E-state index in [0.29, 0.717) is 0 Å². The van der Waals surface area contributed by atoms with Gasteiger partial charge in [-0.3, -0.25) is 4.90 Å². The van der Waals surface area contributed by atoms with E-state index in [0.717, 1.165) is 69.6 Å². The molecule has 0 saturated carbocycles. The fourth-order valence-corrected chi connectivity index (χ4v) is 3.57. The summed E-state index contributed by atoms with van der Waals surface area (Å²) >= 11 is 0. The third-order valence-electron chi connectivity index (χ3n) is 5.21. The van der Waals surface area contributed by atoms with E-state index in [-0.39, 0.29) is 0 Å². The molecule has 0 spiro atoms. The van der Waals surface area contributed by atoms with Gasteiger partial charge in [-0.05, 0) is 48.4 Å². The number of hydrogen-bond donors (Lipinski definition) is 1. The number of ether oxygens (including phenoxy) is 4. The van der Waals surface area contributed by atoms with E-state index in [1.165, 1.54) is 16.7 Å². The highest BCUT2D eigenvalue weighted by Gasteiger charge is 2.14. The first-order chi connectivity index (χ1) is 14.2. The molecule has 158 valence electrons. The molecule has 3 rings (SSSR count). The van der Waals surface area contributed by atoms with Gasteiger partial charge in [0.1, 0.15) is 5.75 Å². The van der Waals surface area contributed by atoms with Crippen molar-refractivity contribution in [3.8, 4) is 17.2 Å². The standard InChI is InChI=1S/C23H32N2O4/c1-26-21-6-5-19(14-20(21)17-25-10-12-29-13-11-25)16-24-9-8-18-4-7-22(27-2)23(15-18)28-3/h4-7,14-15,24H,8-13,16-17H2,1-3H3. The summed E-state index contributed by atoms with van der Waals surface area (Å²) in [6.45, 7) is 6.16. The van der Waals surface area contributed by atoms with E-state index in [9.17, 15) is 0 Å². The summed E-state index contributed by atoms with van der Waals surface area (Å²) in [6.07, 6.45) is 0.928. The van der Waals surface area contributed by atoms with Gasteiger partial charge in [0, 0.05) is 31.7 Å². The Bertz CT molecular complexity index is 775. The van der Waals surface area contributed by atoms with Crippen molar-refractivity contribution >= 4 is 0 Å². The summed E-state index contributed by atoms with van der Waals surface area (Å²) in [5.41, 5.74) is 3.72. The van der Waals surface area contributed by atoms with E-state index >= 15 is 0 Å². The van der Waals surface area contributed by atoms with Gasteiger partial charge in [0.05, 0.1) is 34.5 Å². The number of rotatable bonds is 10. The monoisotopic (exact) mass is 400 g/mol. The fourth-order valence-electron chi connectivity index (χ4n) is 3.57. The van der Waals surface area contributed by atoms with Crippen LogP contribution in [-0.4, -0.2) is 59.1 Å². The first kappa shape index (κ1) is 21.4. The summed E-state index contributed by atoms with van der Waals surface area (Å²) in [5.74, 6) is 2.48. The van der Waals surface area contributed by atoms with Crippen LogP contribution in [0.1, 0.15) is 16.7 Å². The normalized spacial score (nSPS) is 14.6. The van der Waals surface area contributed by atoms with Gasteiger partial charge < -0.3 is 24.3 Å². The lowest BCUT2D eigenvalue weighted by Gasteiger charge is -2.27. The van der Waals surface area contributed by atoms with E-state index < -0.39 is 0 Å². The lowest BCUT2D eigenvalue weighted by atomic mass is 10.1. The van der Waals surface area contributed by atoms with Crippen molar-refractivity contribution in [1.29, 1.82) is 0 Å². The molecule has 0 aromatic heterocycles. The molecule has 6 nitrogen and oxygen atoms in total. The van der Waals surface area contributed by atoms with E-state index in [4.69, 9.17) is 18.9 Å². The molecule has 1 saturated heterocycles. The van der Waals surface area contributed by atoms with Crippen LogP contribution in [0, 0.1) is 0 Å². The topological polar surface area (TPSA) is 52.2 Å².